The summed E-state index contributed by atoms with van der Waals surface area (Å²) in [7, 11) is 4.25. The third-order valence-corrected chi connectivity index (χ3v) is 5.09. The summed E-state index contributed by atoms with van der Waals surface area (Å²) in [5.74, 6) is -2.13. The lowest BCUT2D eigenvalue weighted by atomic mass is 9.80. The number of nitrogens with zero attached hydrogens (tertiary/aromatic N) is 1. The fraction of sp³-hybridized carbons (Fsp3) is 0.471. The topological polar surface area (TPSA) is 84.9 Å². The summed E-state index contributed by atoms with van der Waals surface area (Å²) in [6.07, 6.45) is 0. The van der Waals surface area contributed by atoms with Crippen molar-refractivity contribution in [1.82, 2.24) is 10.2 Å². The first kappa shape index (κ1) is 16.4. The maximum atomic E-state index is 12.7. The highest BCUT2D eigenvalue weighted by atomic mass is 16.5. The van der Waals surface area contributed by atoms with Crippen molar-refractivity contribution in [3.8, 4) is 5.75 Å². The molecule has 2 aliphatic heterocycles. The van der Waals surface area contributed by atoms with Gasteiger partial charge in [-0.1, -0.05) is 18.2 Å². The molecule has 0 aromatic heterocycles. The second-order valence-corrected chi connectivity index (χ2v) is 6.30. The Morgan fingerprint density at radius 2 is 1.88 bits per heavy atom. The van der Waals surface area contributed by atoms with Crippen LogP contribution in [0.1, 0.15) is 18.5 Å². The van der Waals surface area contributed by atoms with Gasteiger partial charge in [0.25, 0.3) is 0 Å². The smallest absolute Gasteiger partial charge is 0.326 e. The summed E-state index contributed by atoms with van der Waals surface area (Å²) >= 11 is 0. The predicted octanol–water partition coefficient (Wildman–Crippen LogP) is 0.502. The van der Waals surface area contributed by atoms with Gasteiger partial charge in [-0.2, -0.15) is 0 Å². The van der Waals surface area contributed by atoms with E-state index in [0.29, 0.717) is 5.75 Å². The molecule has 7 nitrogen and oxygen atoms in total. The van der Waals surface area contributed by atoms with Crippen LogP contribution in [0.3, 0.4) is 0 Å². The zero-order valence-corrected chi connectivity index (χ0v) is 14.0. The average molecular weight is 332 g/mol. The van der Waals surface area contributed by atoms with Crippen LogP contribution in [0.15, 0.2) is 24.3 Å². The number of rotatable bonds is 3. The van der Waals surface area contributed by atoms with Gasteiger partial charge in [0.1, 0.15) is 11.3 Å². The first-order valence-corrected chi connectivity index (χ1v) is 7.67. The molecule has 0 aliphatic carbocycles. The molecule has 0 saturated carbocycles. The minimum absolute atomic E-state index is 0.305. The molecule has 1 aromatic rings. The molecule has 1 aromatic carbocycles. The molecule has 0 unspecified atom stereocenters. The lowest BCUT2D eigenvalue weighted by Gasteiger charge is -2.28. The Kier molecular flexibility index (Phi) is 3.83. The van der Waals surface area contributed by atoms with Crippen LogP contribution in [-0.2, 0) is 19.1 Å². The standard InChI is InChI=1S/C17H20N2O5/c1-17(16(22)24-4)12-11(14(20)19(2)15(12)21)13(18-17)9-7-5-6-8-10(9)23-3/h5-8,11-13,18H,1-4H3/t11-,12-,13+,17+/m0/s1. The van der Waals surface area contributed by atoms with E-state index < -0.39 is 29.4 Å². The van der Waals surface area contributed by atoms with Gasteiger partial charge in [-0.25, -0.2) is 0 Å². The second-order valence-electron chi connectivity index (χ2n) is 6.30. The molecule has 0 bridgehead atoms. The van der Waals surface area contributed by atoms with E-state index in [-0.39, 0.29) is 11.8 Å². The minimum atomic E-state index is -1.28. The molecule has 2 fully saturated rings. The van der Waals surface area contributed by atoms with Crippen molar-refractivity contribution in [3.63, 3.8) is 0 Å². The van der Waals surface area contributed by atoms with Gasteiger partial charge < -0.3 is 9.47 Å². The second kappa shape index (κ2) is 5.59. The first-order chi connectivity index (χ1) is 11.4. The molecule has 24 heavy (non-hydrogen) atoms. The Morgan fingerprint density at radius 3 is 2.50 bits per heavy atom. The largest absolute Gasteiger partial charge is 0.496 e. The molecule has 4 atom stereocenters. The van der Waals surface area contributed by atoms with Gasteiger partial charge in [0.05, 0.1) is 26.1 Å². The maximum absolute atomic E-state index is 12.7. The van der Waals surface area contributed by atoms with E-state index in [1.165, 1.54) is 14.2 Å². The number of nitrogens with one attached hydrogen (secondary N) is 1. The number of esters is 1. The Morgan fingerprint density at radius 1 is 1.21 bits per heavy atom. The number of likely N-dealkylation sites (tertiary alicyclic amines) is 1. The van der Waals surface area contributed by atoms with Crippen LogP contribution in [0.2, 0.25) is 0 Å². The van der Waals surface area contributed by atoms with Crippen LogP contribution in [0, 0.1) is 11.8 Å². The molecule has 2 saturated heterocycles. The number of hydrogen-bond acceptors (Lipinski definition) is 6. The van der Waals surface area contributed by atoms with Crippen molar-refractivity contribution in [3.05, 3.63) is 29.8 Å². The number of carbonyl (C=O) groups is 3. The van der Waals surface area contributed by atoms with Gasteiger partial charge in [0.2, 0.25) is 11.8 Å². The molecule has 0 spiro atoms. The Bertz CT molecular complexity index is 719. The molecule has 3 rings (SSSR count). The fourth-order valence-electron chi connectivity index (χ4n) is 3.87. The summed E-state index contributed by atoms with van der Waals surface area (Å²) in [6.45, 7) is 1.61. The predicted molar refractivity (Wildman–Crippen MR) is 84.0 cm³/mol. The number of carbonyl (C=O) groups excluding carboxylic acids is 3. The van der Waals surface area contributed by atoms with E-state index in [9.17, 15) is 14.4 Å². The fourth-order valence-corrected chi connectivity index (χ4v) is 3.87. The summed E-state index contributed by atoms with van der Waals surface area (Å²) in [4.78, 5) is 38.7. The van der Waals surface area contributed by atoms with Crippen LogP contribution in [0.4, 0.5) is 0 Å². The van der Waals surface area contributed by atoms with Gasteiger partial charge in [-0.05, 0) is 13.0 Å². The summed E-state index contributed by atoms with van der Waals surface area (Å²) in [5.41, 5.74) is -0.540. The van der Waals surface area contributed by atoms with Crippen LogP contribution >= 0.6 is 0 Å². The Labute approximate surface area is 139 Å². The van der Waals surface area contributed by atoms with Crippen LogP contribution < -0.4 is 10.1 Å². The average Bonchev–Trinajstić information content (AvgIpc) is 3.04. The van der Waals surface area contributed by atoms with E-state index in [0.717, 1.165) is 10.5 Å². The van der Waals surface area contributed by atoms with Crippen molar-refractivity contribution < 1.29 is 23.9 Å². The maximum Gasteiger partial charge on any atom is 0.326 e. The van der Waals surface area contributed by atoms with Crippen molar-refractivity contribution in [1.29, 1.82) is 0 Å². The molecule has 128 valence electrons. The van der Waals surface area contributed by atoms with Crippen LogP contribution in [0.5, 0.6) is 5.75 Å². The highest BCUT2D eigenvalue weighted by molar-refractivity contribution is 6.09. The highest BCUT2D eigenvalue weighted by Crippen LogP contribution is 2.49. The normalized spacial score (nSPS) is 32.0. The summed E-state index contributed by atoms with van der Waals surface area (Å²) < 4.78 is 10.3. The number of amides is 2. The quantitative estimate of drug-likeness (QED) is 0.641. The number of hydrogen-bond donors (Lipinski definition) is 1. The number of benzene rings is 1. The SMILES string of the molecule is COC(=O)[C@]1(C)N[C@H](c2ccccc2OC)[C@H]2C(=O)N(C)C(=O)[C@H]21. The third-order valence-electron chi connectivity index (χ3n) is 5.09. The zero-order valence-electron chi connectivity index (χ0n) is 14.0. The summed E-state index contributed by atoms with van der Waals surface area (Å²) in [6, 6.07) is 6.74. The summed E-state index contributed by atoms with van der Waals surface area (Å²) in [5, 5.41) is 3.17. The number of imide groups is 1. The lowest BCUT2D eigenvalue weighted by Crippen LogP contribution is -2.53. The van der Waals surface area contributed by atoms with Gasteiger partial charge >= 0.3 is 5.97 Å². The number of fused-ring (bicyclic) bond motifs is 1. The monoisotopic (exact) mass is 332 g/mol. The molecule has 2 heterocycles. The molecular weight excluding hydrogens is 312 g/mol. The van der Waals surface area contributed by atoms with Crippen molar-refractivity contribution >= 4 is 17.8 Å². The minimum Gasteiger partial charge on any atom is -0.496 e. The molecule has 2 aliphatic rings. The van der Waals surface area contributed by atoms with Gasteiger partial charge in [-0.3, -0.25) is 24.6 Å². The van der Waals surface area contributed by atoms with E-state index >= 15 is 0 Å². The van der Waals surface area contributed by atoms with Gasteiger partial charge in [0, 0.05) is 18.7 Å². The number of methoxy groups -OCH3 is 2. The van der Waals surface area contributed by atoms with Crippen molar-refractivity contribution in [2.45, 2.75) is 18.5 Å². The molecule has 0 radical (unpaired) electrons. The Balaban J connectivity index is 2.14. The molecule has 1 N–H and O–H groups in total. The van der Waals surface area contributed by atoms with Gasteiger partial charge in [-0.15, -0.1) is 0 Å². The van der Waals surface area contributed by atoms with E-state index in [2.05, 4.69) is 5.32 Å². The van der Waals surface area contributed by atoms with E-state index in [1.807, 2.05) is 18.2 Å². The molecular formula is C17H20N2O5. The van der Waals surface area contributed by atoms with Crippen molar-refractivity contribution in [2.24, 2.45) is 11.8 Å². The molecule has 7 heteroatoms. The number of ether oxygens (including phenoxy) is 2. The Hall–Kier alpha value is -2.41. The number of para-hydroxylation sites is 1. The van der Waals surface area contributed by atoms with Crippen LogP contribution in [0.25, 0.3) is 0 Å². The van der Waals surface area contributed by atoms with Gasteiger partial charge in [0.15, 0.2) is 0 Å². The van der Waals surface area contributed by atoms with E-state index in [1.54, 1.807) is 20.1 Å². The van der Waals surface area contributed by atoms with Crippen LogP contribution in [-0.4, -0.2) is 49.5 Å². The van der Waals surface area contributed by atoms with Crippen molar-refractivity contribution in [2.75, 3.05) is 21.3 Å². The highest BCUT2D eigenvalue weighted by Gasteiger charge is 2.66. The first-order valence-electron chi connectivity index (χ1n) is 7.67. The zero-order chi connectivity index (χ0) is 17.6. The molecule has 2 amide bonds. The third kappa shape index (κ3) is 2.04. The lowest BCUT2D eigenvalue weighted by molar-refractivity contribution is -0.152. The van der Waals surface area contributed by atoms with E-state index in [4.69, 9.17) is 9.47 Å².